The Hall–Kier alpha value is -1.55. The summed E-state index contributed by atoms with van der Waals surface area (Å²) >= 11 is 5.59. The fraction of sp³-hybridized carbons (Fsp3) is 0.500. The van der Waals surface area contributed by atoms with E-state index in [4.69, 9.17) is 11.6 Å². The Morgan fingerprint density at radius 1 is 1.19 bits per heavy atom. The van der Waals surface area contributed by atoms with Gasteiger partial charge in [-0.1, -0.05) is 26.0 Å². The molecule has 0 radical (unpaired) electrons. The number of rotatable bonds is 8. The molecular formula is C16H23ClN2O2. The first kappa shape index (κ1) is 17.5. The first-order chi connectivity index (χ1) is 10.0. The topological polar surface area (TPSA) is 58.2 Å². The Morgan fingerprint density at radius 3 is 2.57 bits per heavy atom. The average molecular weight is 311 g/mol. The number of hydrogen-bond acceptors (Lipinski definition) is 2. The summed E-state index contributed by atoms with van der Waals surface area (Å²) in [5.74, 6) is 0.678. The first-order valence-electron chi connectivity index (χ1n) is 7.27. The number of unbranched alkanes of at least 4 members (excludes halogenated alkanes) is 1. The number of carbonyl (C=O) groups is 2. The second-order valence-corrected chi connectivity index (χ2v) is 5.72. The summed E-state index contributed by atoms with van der Waals surface area (Å²) in [7, 11) is 0. The largest absolute Gasteiger partial charge is 0.352 e. The van der Waals surface area contributed by atoms with E-state index < -0.39 is 0 Å². The maximum atomic E-state index is 12.1. The molecule has 1 aromatic carbocycles. The van der Waals surface area contributed by atoms with E-state index >= 15 is 0 Å². The highest BCUT2D eigenvalue weighted by Gasteiger charge is 2.12. The molecule has 0 bridgehead atoms. The Labute approximate surface area is 131 Å². The fourth-order valence-corrected chi connectivity index (χ4v) is 1.96. The van der Waals surface area contributed by atoms with Crippen molar-refractivity contribution in [2.24, 2.45) is 5.92 Å². The lowest BCUT2D eigenvalue weighted by molar-refractivity contribution is -0.116. The van der Waals surface area contributed by atoms with Crippen molar-refractivity contribution < 1.29 is 9.59 Å². The van der Waals surface area contributed by atoms with Crippen LogP contribution in [0, 0.1) is 5.92 Å². The lowest BCUT2D eigenvalue weighted by atomic mass is 10.1. The van der Waals surface area contributed by atoms with Gasteiger partial charge in [-0.25, -0.2) is 0 Å². The average Bonchev–Trinajstić information content (AvgIpc) is 2.45. The minimum Gasteiger partial charge on any atom is -0.352 e. The summed E-state index contributed by atoms with van der Waals surface area (Å²) in [6.45, 7) is 4.67. The number of carbonyl (C=O) groups excluding carboxylic acids is 2. The van der Waals surface area contributed by atoms with Crippen LogP contribution in [0.4, 0.5) is 5.69 Å². The molecule has 0 aliphatic rings. The van der Waals surface area contributed by atoms with Crippen molar-refractivity contribution >= 4 is 29.1 Å². The van der Waals surface area contributed by atoms with Crippen LogP contribution >= 0.6 is 11.6 Å². The number of benzene rings is 1. The van der Waals surface area contributed by atoms with E-state index in [1.54, 1.807) is 24.3 Å². The number of nitrogens with one attached hydrogen (secondary N) is 2. The molecule has 21 heavy (non-hydrogen) atoms. The van der Waals surface area contributed by atoms with E-state index in [-0.39, 0.29) is 11.8 Å². The van der Waals surface area contributed by atoms with Crippen LogP contribution in [-0.2, 0) is 4.79 Å². The van der Waals surface area contributed by atoms with Gasteiger partial charge in [0.05, 0.1) is 11.3 Å². The molecule has 0 fully saturated rings. The summed E-state index contributed by atoms with van der Waals surface area (Å²) in [6, 6.07) is 7.04. The fourth-order valence-electron chi connectivity index (χ4n) is 1.77. The van der Waals surface area contributed by atoms with Gasteiger partial charge < -0.3 is 10.6 Å². The smallest absolute Gasteiger partial charge is 0.253 e. The molecule has 0 aliphatic heterocycles. The van der Waals surface area contributed by atoms with E-state index in [2.05, 4.69) is 10.6 Å². The van der Waals surface area contributed by atoms with Crippen LogP contribution < -0.4 is 10.6 Å². The summed E-state index contributed by atoms with van der Waals surface area (Å²) in [6.07, 6.45) is 1.97. The Bertz CT molecular complexity index is 475. The Balaban J connectivity index is 2.66. The Kier molecular flexibility index (Phi) is 7.83. The zero-order valence-electron chi connectivity index (χ0n) is 12.6. The molecule has 0 saturated carbocycles. The third kappa shape index (κ3) is 6.63. The van der Waals surface area contributed by atoms with Crippen molar-refractivity contribution in [3.8, 4) is 0 Å². The predicted octanol–water partition coefficient (Wildman–Crippen LogP) is 3.42. The standard InChI is InChI=1S/C16H23ClN2O2/c1-12(2)11-18-16(21)13-7-3-4-8-14(13)19-15(20)9-5-6-10-17/h3-4,7-8,12H,5-6,9-11H2,1-2H3,(H,18,21)(H,19,20). The molecule has 0 aromatic heterocycles. The zero-order valence-corrected chi connectivity index (χ0v) is 13.4. The number of halogens is 1. The Morgan fingerprint density at radius 2 is 1.90 bits per heavy atom. The van der Waals surface area contributed by atoms with E-state index in [1.807, 2.05) is 13.8 Å². The predicted molar refractivity (Wildman–Crippen MR) is 86.8 cm³/mol. The number of amides is 2. The molecule has 4 nitrogen and oxygen atoms in total. The minimum absolute atomic E-state index is 0.0933. The second kappa shape index (κ2) is 9.40. The summed E-state index contributed by atoms with van der Waals surface area (Å²) in [5.41, 5.74) is 1.04. The molecule has 0 unspecified atom stereocenters. The molecule has 2 N–H and O–H groups in total. The SMILES string of the molecule is CC(C)CNC(=O)c1ccccc1NC(=O)CCCCCl. The van der Waals surface area contributed by atoms with Crippen LogP contribution in [0.2, 0.25) is 0 Å². The molecule has 116 valence electrons. The number of anilines is 1. The molecule has 0 saturated heterocycles. The van der Waals surface area contributed by atoms with E-state index in [1.165, 1.54) is 0 Å². The van der Waals surface area contributed by atoms with Gasteiger partial charge in [0.15, 0.2) is 0 Å². The molecule has 0 spiro atoms. The van der Waals surface area contributed by atoms with Gasteiger partial charge in [-0.15, -0.1) is 11.6 Å². The van der Waals surface area contributed by atoms with Crippen LogP contribution in [-0.4, -0.2) is 24.2 Å². The van der Waals surface area contributed by atoms with Gasteiger partial charge in [0.2, 0.25) is 5.91 Å². The van der Waals surface area contributed by atoms with Crippen LogP contribution in [0.15, 0.2) is 24.3 Å². The van der Waals surface area contributed by atoms with Crippen LogP contribution in [0.5, 0.6) is 0 Å². The second-order valence-electron chi connectivity index (χ2n) is 5.34. The molecule has 1 rings (SSSR count). The van der Waals surface area contributed by atoms with Crippen LogP contribution in [0.25, 0.3) is 0 Å². The molecule has 5 heteroatoms. The van der Waals surface area contributed by atoms with Crippen LogP contribution in [0.3, 0.4) is 0 Å². The minimum atomic E-state index is -0.166. The monoisotopic (exact) mass is 310 g/mol. The van der Waals surface area contributed by atoms with Gasteiger partial charge >= 0.3 is 0 Å². The van der Waals surface area contributed by atoms with E-state index in [0.717, 1.165) is 12.8 Å². The number of para-hydroxylation sites is 1. The van der Waals surface area contributed by atoms with Gasteiger partial charge in [-0.2, -0.15) is 0 Å². The maximum Gasteiger partial charge on any atom is 0.253 e. The normalized spacial score (nSPS) is 10.5. The highest BCUT2D eigenvalue weighted by atomic mass is 35.5. The highest BCUT2D eigenvalue weighted by molar-refractivity contribution is 6.17. The van der Waals surface area contributed by atoms with Crippen molar-refractivity contribution in [2.45, 2.75) is 33.1 Å². The number of hydrogen-bond donors (Lipinski definition) is 2. The third-order valence-corrected chi connectivity index (χ3v) is 3.17. The quantitative estimate of drug-likeness (QED) is 0.571. The van der Waals surface area contributed by atoms with Crippen LogP contribution in [0.1, 0.15) is 43.5 Å². The van der Waals surface area contributed by atoms with Gasteiger partial charge in [-0.05, 0) is 30.9 Å². The van der Waals surface area contributed by atoms with Gasteiger partial charge in [-0.3, -0.25) is 9.59 Å². The summed E-state index contributed by atoms with van der Waals surface area (Å²) in [5, 5.41) is 5.65. The molecule has 1 aromatic rings. The van der Waals surface area contributed by atoms with Crippen molar-refractivity contribution in [1.82, 2.24) is 5.32 Å². The van der Waals surface area contributed by atoms with E-state index in [9.17, 15) is 9.59 Å². The zero-order chi connectivity index (χ0) is 15.7. The first-order valence-corrected chi connectivity index (χ1v) is 7.81. The van der Waals surface area contributed by atoms with Crippen molar-refractivity contribution in [3.05, 3.63) is 29.8 Å². The van der Waals surface area contributed by atoms with Gasteiger partial charge in [0.25, 0.3) is 5.91 Å². The molecule has 0 atom stereocenters. The van der Waals surface area contributed by atoms with E-state index in [0.29, 0.717) is 36.0 Å². The number of alkyl halides is 1. The lowest BCUT2D eigenvalue weighted by Gasteiger charge is -2.12. The van der Waals surface area contributed by atoms with Crippen molar-refractivity contribution in [2.75, 3.05) is 17.7 Å². The molecule has 0 aliphatic carbocycles. The van der Waals surface area contributed by atoms with Gasteiger partial charge in [0.1, 0.15) is 0 Å². The lowest BCUT2D eigenvalue weighted by Crippen LogP contribution is -2.28. The molecule has 2 amide bonds. The molecule has 0 heterocycles. The van der Waals surface area contributed by atoms with Crippen molar-refractivity contribution in [3.63, 3.8) is 0 Å². The molecular weight excluding hydrogens is 288 g/mol. The van der Waals surface area contributed by atoms with Crippen molar-refractivity contribution in [1.29, 1.82) is 0 Å². The van der Waals surface area contributed by atoms with Gasteiger partial charge in [0, 0.05) is 18.8 Å². The highest BCUT2D eigenvalue weighted by Crippen LogP contribution is 2.15. The summed E-state index contributed by atoms with van der Waals surface area (Å²) in [4.78, 5) is 24.0. The maximum absolute atomic E-state index is 12.1. The summed E-state index contributed by atoms with van der Waals surface area (Å²) < 4.78 is 0. The third-order valence-electron chi connectivity index (χ3n) is 2.90.